The Morgan fingerprint density at radius 1 is 0.971 bits per heavy atom. The molecule has 34 heavy (non-hydrogen) atoms. The monoisotopic (exact) mass is 458 g/mol. The summed E-state index contributed by atoms with van der Waals surface area (Å²) in [7, 11) is 0. The summed E-state index contributed by atoms with van der Waals surface area (Å²) in [6.07, 6.45) is 24.1. The largest absolute Gasteiger partial charge is 0.309 e. The molecule has 0 saturated heterocycles. The van der Waals surface area contributed by atoms with Gasteiger partial charge in [-0.2, -0.15) is 0 Å². The first-order chi connectivity index (χ1) is 16.2. The Bertz CT molecular complexity index is 999. The Morgan fingerprint density at radius 3 is 2.62 bits per heavy atom. The first kappa shape index (κ1) is 23.0. The van der Waals surface area contributed by atoms with E-state index in [-0.39, 0.29) is 5.54 Å². The van der Waals surface area contributed by atoms with Gasteiger partial charge in [0.25, 0.3) is 0 Å². The molecule has 1 aromatic rings. The number of hydrogen-bond donors (Lipinski definition) is 1. The SMILES string of the molecule is CC(C)(C)N[C@@H]1CC[C@@]2(C)C(=CC[C@H]3[C@@H]4CC[C@H](C5C=Cc6ccncc6C5)[C@@]4(C)CC[C@@H]32)C1. The van der Waals surface area contributed by atoms with E-state index in [0.717, 1.165) is 23.7 Å². The maximum atomic E-state index is 4.44. The zero-order valence-corrected chi connectivity index (χ0v) is 22.2. The zero-order valence-electron chi connectivity index (χ0n) is 22.2. The van der Waals surface area contributed by atoms with Crippen LogP contribution in [0.5, 0.6) is 0 Å². The standard InChI is InChI=1S/C32H46N2/c1-30(2,3)34-25-12-15-31(4)24(19-25)8-9-26-28-11-10-27(32(28,5)16-13-29(26)31)22-7-6-21-14-17-33-20-23(21)18-22/h6-8,14,17,20,22,25-29,34H,9-13,15-16,18-19H2,1-5H3/t22?,25-,26+,27-,28+,29+,31+,32-/m1/s1. The molecule has 1 N–H and O–H groups in total. The lowest BCUT2D eigenvalue weighted by molar-refractivity contribution is -0.0492. The fourth-order valence-corrected chi connectivity index (χ4v) is 9.74. The van der Waals surface area contributed by atoms with Crippen molar-refractivity contribution in [2.45, 2.75) is 104 Å². The van der Waals surface area contributed by atoms with Crippen LogP contribution in [0.25, 0.3) is 6.08 Å². The quantitative estimate of drug-likeness (QED) is 0.461. The van der Waals surface area contributed by atoms with E-state index in [4.69, 9.17) is 0 Å². The molecular formula is C32H46N2. The van der Waals surface area contributed by atoms with E-state index in [0.29, 0.717) is 22.8 Å². The van der Waals surface area contributed by atoms with E-state index in [1.54, 1.807) is 5.57 Å². The number of rotatable bonds is 2. The van der Waals surface area contributed by atoms with Gasteiger partial charge >= 0.3 is 0 Å². The maximum Gasteiger partial charge on any atom is 0.0306 e. The third-order valence-corrected chi connectivity index (χ3v) is 11.3. The van der Waals surface area contributed by atoms with Crippen LogP contribution < -0.4 is 5.32 Å². The maximum absolute atomic E-state index is 4.44. The van der Waals surface area contributed by atoms with Crippen molar-refractivity contribution in [3.05, 3.63) is 47.3 Å². The summed E-state index contributed by atoms with van der Waals surface area (Å²) in [6.45, 7) is 12.3. The molecule has 0 radical (unpaired) electrons. The van der Waals surface area contributed by atoms with Crippen molar-refractivity contribution in [2.75, 3.05) is 0 Å². The van der Waals surface area contributed by atoms with Crippen LogP contribution in [-0.2, 0) is 6.42 Å². The molecule has 5 aliphatic rings. The summed E-state index contributed by atoms with van der Waals surface area (Å²) in [5.41, 5.74) is 5.85. The molecule has 0 amide bonds. The predicted octanol–water partition coefficient (Wildman–Crippen LogP) is 7.60. The van der Waals surface area contributed by atoms with E-state index >= 15 is 0 Å². The molecule has 8 atom stereocenters. The van der Waals surface area contributed by atoms with E-state index in [9.17, 15) is 0 Å². The minimum absolute atomic E-state index is 0.214. The second-order valence-corrected chi connectivity index (χ2v) is 14.1. The van der Waals surface area contributed by atoms with Crippen LogP contribution in [-0.4, -0.2) is 16.6 Å². The highest BCUT2D eigenvalue weighted by Gasteiger charge is 2.59. The summed E-state index contributed by atoms with van der Waals surface area (Å²) in [6, 6.07) is 2.85. The molecule has 2 heteroatoms. The average Bonchev–Trinajstić information content (AvgIpc) is 3.15. The van der Waals surface area contributed by atoms with Crippen molar-refractivity contribution in [2.24, 2.45) is 40.4 Å². The van der Waals surface area contributed by atoms with Gasteiger partial charge in [0.1, 0.15) is 0 Å². The Morgan fingerprint density at radius 2 is 1.79 bits per heavy atom. The lowest BCUT2D eigenvalue weighted by atomic mass is 9.46. The molecule has 2 nitrogen and oxygen atoms in total. The Balaban J connectivity index is 1.22. The summed E-state index contributed by atoms with van der Waals surface area (Å²) in [4.78, 5) is 4.44. The normalized spacial score (nSPS) is 43.4. The molecule has 3 fully saturated rings. The van der Waals surface area contributed by atoms with Crippen LogP contribution in [0.15, 0.2) is 36.2 Å². The van der Waals surface area contributed by atoms with E-state index in [1.807, 2.05) is 6.20 Å². The summed E-state index contributed by atoms with van der Waals surface area (Å²) in [5.74, 6) is 4.28. The summed E-state index contributed by atoms with van der Waals surface area (Å²) >= 11 is 0. The number of pyridine rings is 1. The number of allylic oxidation sites excluding steroid dienone is 2. The molecule has 0 spiro atoms. The van der Waals surface area contributed by atoms with Gasteiger partial charge in [0.05, 0.1) is 0 Å². The fraction of sp³-hybridized carbons (Fsp3) is 0.719. The van der Waals surface area contributed by atoms with Crippen molar-refractivity contribution >= 4 is 6.08 Å². The highest BCUT2D eigenvalue weighted by molar-refractivity contribution is 5.56. The van der Waals surface area contributed by atoms with Gasteiger partial charge in [-0.15, -0.1) is 0 Å². The first-order valence-corrected chi connectivity index (χ1v) is 14.3. The Hall–Kier alpha value is -1.41. The summed E-state index contributed by atoms with van der Waals surface area (Å²) < 4.78 is 0. The second-order valence-electron chi connectivity index (χ2n) is 14.1. The van der Waals surface area contributed by atoms with Crippen molar-refractivity contribution in [3.63, 3.8) is 0 Å². The van der Waals surface area contributed by atoms with Gasteiger partial charge in [-0.1, -0.05) is 37.6 Å². The highest BCUT2D eigenvalue weighted by Crippen LogP contribution is 2.67. The average molecular weight is 459 g/mol. The fourth-order valence-electron chi connectivity index (χ4n) is 9.74. The Labute approximate surface area is 208 Å². The van der Waals surface area contributed by atoms with E-state index < -0.39 is 0 Å². The molecule has 6 rings (SSSR count). The predicted molar refractivity (Wildman–Crippen MR) is 142 cm³/mol. The number of nitrogens with zero attached hydrogens (tertiary/aromatic N) is 1. The topological polar surface area (TPSA) is 24.9 Å². The second kappa shape index (κ2) is 8.05. The molecule has 0 bridgehead atoms. The molecule has 0 aromatic carbocycles. The molecule has 1 aromatic heterocycles. The molecular weight excluding hydrogens is 412 g/mol. The van der Waals surface area contributed by atoms with Gasteiger partial charge in [-0.25, -0.2) is 0 Å². The minimum atomic E-state index is 0.214. The van der Waals surface area contributed by atoms with Crippen LogP contribution in [0.3, 0.4) is 0 Å². The number of fused-ring (bicyclic) bond motifs is 6. The molecule has 5 aliphatic carbocycles. The van der Waals surface area contributed by atoms with Crippen LogP contribution in [0.1, 0.15) is 97.1 Å². The molecule has 3 saturated carbocycles. The van der Waals surface area contributed by atoms with Crippen LogP contribution >= 0.6 is 0 Å². The number of nitrogens with one attached hydrogen (secondary N) is 1. The van der Waals surface area contributed by atoms with Gasteiger partial charge < -0.3 is 5.32 Å². The van der Waals surface area contributed by atoms with Crippen LogP contribution in [0, 0.1) is 40.4 Å². The molecule has 0 aliphatic heterocycles. The number of hydrogen-bond acceptors (Lipinski definition) is 2. The summed E-state index contributed by atoms with van der Waals surface area (Å²) in [5, 5.41) is 3.92. The number of aromatic nitrogens is 1. The van der Waals surface area contributed by atoms with Crippen molar-refractivity contribution in [1.82, 2.24) is 10.3 Å². The van der Waals surface area contributed by atoms with Crippen molar-refractivity contribution in [3.8, 4) is 0 Å². The zero-order chi connectivity index (χ0) is 23.7. The van der Waals surface area contributed by atoms with Crippen LogP contribution in [0.4, 0.5) is 0 Å². The lowest BCUT2D eigenvalue weighted by Crippen LogP contribution is -2.53. The lowest BCUT2D eigenvalue weighted by Gasteiger charge is -2.59. The Kier molecular flexibility index (Phi) is 5.45. The van der Waals surface area contributed by atoms with Crippen molar-refractivity contribution in [1.29, 1.82) is 0 Å². The molecule has 184 valence electrons. The smallest absolute Gasteiger partial charge is 0.0306 e. The molecule has 1 heterocycles. The third-order valence-electron chi connectivity index (χ3n) is 11.3. The third kappa shape index (κ3) is 3.66. The van der Waals surface area contributed by atoms with E-state index in [1.165, 1.54) is 68.9 Å². The first-order valence-electron chi connectivity index (χ1n) is 14.3. The highest BCUT2D eigenvalue weighted by atomic mass is 15.0. The minimum Gasteiger partial charge on any atom is -0.309 e. The van der Waals surface area contributed by atoms with Gasteiger partial charge in [-0.3, -0.25) is 4.98 Å². The van der Waals surface area contributed by atoms with Gasteiger partial charge in [-0.05, 0) is 136 Å². The van der Waals surface area contributed by atoms with Crippen LogP contribution in [0.2, 0.25) is 0 Å². The van der Waals surface area contributed by atoms with Gasteiger partial charge in [0.15, 0.2) is 0 Å². The van der Waals surface area contributed by atoms with Gasteiger partial charge in [0.2, 0.25) is 0 Å². The molecule has 1 unspecified atom stereocenters. The van der Waals surface area contributed by atoms with Gasteiger partial charge in [0, 0.05) is 24.0 Å². The van der Waals surface area contributed by atoms with E-state index in [2.05, 4.69) is 75.4 Å². The van der Waals surface area contributed by atoms with Crippen molar-refractivity contribution < 1.29 is 0 Å².